The van der Waals surface area contributed by atoms with Crippen LogP contribution in [-0.2, 0) is 16.0 Å². The zero-order valence-electron chi connectivity index (χ0n) is 14.9. The van der Waals surface area contributed by atoms with Gasteiger partial charge in [-0.15, -0.1) is 0 Å². The normalized spacial score (nSPS) is 11.1. The van der Waals surface area contributed by atoms with Crippen molar-refractivity contribution in [3.8, 4) is 0 Å². The number of hydrogen-bond acceptors (Lipinski definition) is 2. The molecule has 0 aromatic heterocycles. The monoisotopic (exact) mass is 318 g/mol. The Morgan fingerprint density at radius 2 is 1.61 bits per heavy atom. The van der Waals surface area contributed by atoms with E-state index in [4.69, 9.17) is 0 Å². The highest BCUT2D eigenvalue weighted by molar-refractivity contribution is 6.04. The molecule has 4 heteroatoms. The topological polar surface area (TPSA) is 49.4 Å². The van der Waals surface area contributed by atoms with Crippen LogP contribution in [0, 0.1) is 5.41 Å². The van der Waals surface area contributed by atoms with Crippen LogP contribution in [0.3, 0.4) is 0 Å². The molecule has 0 saturated heterocycles. The molecule has 0 aliphatic rings. The molecule has 4 nitrogen and oxygen atoms in total. The van der Waals surface area contributed by atoms with Crippen LogP contribution >= 0.6 is 0 Å². The largest absolute Gasteiger partial charge is 0.355 e. The molecule has 0 aliphatic heterocycles. The van der Waals surface area contributed by atoms with Crippen molar-refractivity contribution >= 4 is 11.8 Å². The minimum Gasteiger partial charge on any atom is -0.355 e. The number of nitrogens with one attached hydrogen (secondary N) is 1. The van der Waals surface area contributed by atoms with Crippen molar-refractivity contribution in [3.05, 3.63) is 35.9 Å². The summed E-state index contributed by atoms with van der Waals surface area (Å²) in [6, 6.07) is 10.0. The van der Waals surface area contributed by atoms with Gasteiger partial charge in [-0.3, -0.25) is 9.59 Å². The summed E-state index contributed by atoms with van der Waals surface area (Å²) >= 11 is 0. The first-order valence-corrected chi connectivity index (χ1v) is 8.55. The molecule has 1 N–H and O–H groups in total. The third-order valence-electron chi connectivity index (χ3n) is 3.92. The maximum Gasteiger partial charge on any atom is 0.237 e. The Kier molecular flexibility index (Phi) is 7.79. The van der Waals surface area contributed by atoms with Gasteiger partial charge in [0.25, 0.3) is 0 Å². The smallest absolute Gasteiger partial charge is 0.237 e. The first-order chi connectivity index (χ1) is 10.9. The van der Waals surface area contributed by atoms with Gasteiger partial charge in [-0.2, -0.15) is 0 Å². The molecular formula is C19H30N2O2. The molecule has 0 bridgehead atoms. The number of benzene rings is 1. The Bertz CT molecular complexity index is 491. The van der Waals surface area contributed by atoms with E-state index in [1.54, 1.807) is 18.7 Å². The summed E-state index contributed by atoms with van der Waals surface area (Å²) in [7, 11) is 0. The second kappa shape index (κ2) is 9.33. The van der Waals surface area contributed by atoms with Crippen molar-refractivity contribution in [2.75, 3.05) is 19.6 Å². The first-order valence-electron chi connectivity index (χ1n) is 8.55. The van der Waals surface area contributed by atoms with Crippen molar-refractivity contribution in [2.45, 2.75) is 47.0 Å². The molecule has 0 saturated carbocycles. The van der Waals surface area contributed by atoms with Crippen molar-refractivity contribution in [2.24, 2.45) is 5.41 Å². The molecule has 0 radical (unpaired) electrons. The molecule has 0 fully saturated rings. The third-order valence-corrected chi connectivity index (χ3v) is 3.92. The Hall–Kier alpha value is -1.84. The van der Waals surface area contributed by atoms with Crippen molar-refractivity contribution in [1.82, 2.24) is 10.2 Å². The van der Waals surface area contributed by atoms with Crippen molar-refractivity contribution < 1.29 is 9.59 Å². The Labute approximate surface area is 140 Å². The lowest BCUT2D eigenvalue weighted by Crippen LogP contribution is -2.50. The van der Waals surface area contributed by atoms with Crippen molar-refractivity contribution in [1.29, 1.82) is 0 Å². The van der Waals surface area contributed by atoms with Crippen LogP contribution in [0.5, 0.6) is 0 Å². The summed E-state index contributed by atoms with van der Waals surface area (Å²) in [5, 5.41) is 2.90. The minimum absolute atomic E-state index is 0.0848. The van der Waals surface area contributed by atoms with Gasteiger partial charge in [0.2, 0.25) is 11.8 Å². The van der Waals surface area contributed by atoms with Gasteiger partial charge in [0.15, 0.2) is 0 Å². The van der Waals surface area contributed by atoms with Crippen LogP contribution in [0.25, 0.3) is 0 Å². The molecule has 2 amide bonds. The fourth-order valence-corrected chi connectivity index (χ4v) is 2.53. The Morgan fingerprint density at radius 3 is 2.13 bits per heavy atom. The lowest BCUT2D eigenvalue weighted by molar-refractivity contribution is -0.148. The molecular weight excluding hydrogens is 288 g/mol. The summed E-state index contributed by atoms with van der Waals surface area (Å²) in [5.74, 6) is -0.283. The van der Waals surface area contributed by atoms with E-state index in [1.165, 1.54) is 5.56 Å². The molecule has 1 aromatic carbocycles. The summed E-state index contributed by atoms with van der Waals surface area (Å²) < 4.78 is 0. The van der Waals surface area contributed by atoms with E-state index in [0.717, 1.165) is 19.3 Å². The molecule has 0 aliphatic carbocycles. The molecule has 0 spiro atoms. The number of rotatable bonds is 9. The zero-order chi connectivity index (χ0) is 17.3. The first kappa shape index (κ1) is 19.2. The van der Waals surface area contributed by atoms with Gasteiger partial charge in [-0.05, 0) is 38.7 Å². The number of nitrogens with zero attached hydrogens (tertiary/aromatic N) is 1. The second-order valence-corrected chi connectivity index (χ2v) is 6.41. The van der Waals surface area contributed by atoms with E-state index >= 15 is 0 Å². The van der Waals surface area contributed by atoms with Crippen molar-refractivity contribution in [3.63, 3.8) is 0 Å². The summed E-state index contributed by atoms with van der Waals surface area (Å²) in [6.07, 6.45) is 2.57. The predicted octanol–water partition coefficient (Wildman–Crippen LogP) is 3.02. The lowest BCUT2D eigenvalue weighted by Gasteiger charge is -2.30. The van der Waals surface area contributed by atoms with Crippen LogP contribution < -0.4 is 5.32 Å². The molecule has 1 rings (SSSR count). The van der Waals surface area contributed by atoms with Crippen LogP contribution in [-0.4, -0.2) is 36.3 Å². The average Bonchev–Trinajstić information content (AvgIpc) is 2.54. The Balaban J connectivity index is 2.59. The molecule has 1 aromatic rings. The number of carbonyl (C=O) groups is 2. The van der Waals surface area contributed by atoms with Gasteiger partial charge in [0.1, 0.15) is 5.41 Å². The van der Waals surface area contributed by atoms with E-state index in [-0.39, 0.29) is 11.8 Å². The maximum atomic E-state index is 12.7. The highest BCUT2D eigenvalue weighted by atomic mass is 16.2. The number of carbonyl (C=O) groups excluding carboxylic acids is 2. The van der Waals surface area contributed by atoms with E-state index < -0.39 is 5.41 Å². The number of hydrogen-bond donors (Lipinski definition) is 1. The molecule has 128 valence electrons. The Morgan fingerprint density at radius 1 is 1.04 bits per heavy atom. The van der Waals surface area contributed by atoms with E-state index in [1.807, 2.05) is 44.2 Å². The maximum absolute atomic E-state index is 12.7. The number of amides is 2. The van der Waals surface area contributed by atoms with E-state index in [0.29, 0.717) is 19.6 Å². The quantitative estimate of drug-likeness (QED) is 0.712. The molecule has 0 unspecified atom stereocenters. The fraction of sp³-hybridized carbons (Fsp3) is 0.579. The molecule has 0 atom stereocenters. The fourth-order valence-electron chi connectivity index (χ4n) is 2.53. The molecule has 23 heavy (non-hydrogen) atoms. The summed E-state index contributed by atoms with van der Waals surface area (Å²) in [4.78, 5) is 26.9. The lowest BCUT2D eigenvalue weighted by atomic mass is 9.90. The predicted molar refractivity (Wildman–Crippen MR) is 94.1 cm³/mol. The molecule has 0 heterocycles. The van der Waals surface area contributed by atoms with Crippen LogP contribution in [0.4, 0.5) is 0 Å². The summed E-state index contributed by atoms with van der Waals surface area (Å²) in [6.45, 7) is 9.46. The van der Waals surface area contributed by atoms with E-state index in [9.17, 15) is 9.59 Å². The van der Waals surface area contributed by atoms with Gasteiger partial charge in [0.05, 0.1) is 0 Å². The minimum atomic E-state index is -1.03. The summed E-state index contributed by atoms with van der Waals surface area (Å²) in [5.41, 5.74) is 0.150. The van der Waals surface area contributed by atoms with Gasteiger partial charge >= 0.3 is 0 Å². The van der Waals surface area contributed by atoms with Gasteiger partial charge in [-0.1, -0.05) is 44.2 Å². The average molecular weight is 318 g/mol. The zero-order valence-corrected chi connectivity index (χ0v) is 14.9. The van der Waals surface area contributed by atoms with Crippen LogP contribution in [0.15, 0.2) is 30.3 Å². The van der Waals surface area contributed by atoms with Crippen LogP contribution in [0.2, 0.25) is 0 Å². The highest BCUT2D eigenvalue weighted by Crippen LogP contribution is 2.20. The SMILES string of the molecule is CCCN(CCC)C(=O)C(C)(C)C(=O)NCCc1ccccc1. The third kappa shape index (κ3) is 5.70. The van der Waals surface area contributed by atoms with Crippen LogP contribution in [0.1, 0.15) is 46.1 Å². The van der Waals surface area contributed by atoms with Gasteiger partial charge < -0.3 is 10.2 Å². The second-order valence-electron chi connectivity index (χ2n) is 6.41. The van der Waals surface area contributed by atoms with Gasteiger partial charge in [-0.25, -0.2) is 0 Å². The van der Waals surface area contributed by atoms with Gasteiger partial charge in [0, 0.05) is 19.6 Å². The highest BCUT2D eigenvalue weighted by Gasteiger charge is 2.38. The van der Waals surface area contributed by atoms with E-state index in [2.05, 4.69) is 5.32 Å². The standard InChI is InChI=1S/C19H30N2O2/c1-5-14-21(15-6-2)18(23)19(3,4)17(22)20-13-12-16-10-8-7-9-11-16/h7-11H,5-6,12-15H2,1-4H3,(H,20,22).